The first-order valence-corrected chi connectivity index (χ1v) is 8.21. The Hall–Kier alpha value is -1.40. The van der Waals surface area contributed by atoms with Crippen LogP contribution < -0.4 is 10.6 Å². The number of halogens is 1. The summed E-state index contributed by atoms with van der Waals surface area (Å²) in [5.41, 5.74) is 0. The van der Waals surface area contributed by atoms with E-state index in [-0.39, 0.29) is 59.8 Å². The third-order valence-corrected chi connectivity index (χ3v) is 5.57. The van der Waals surface area contributed by atoms with E-state index in [1.54, 1.807) is 0 Å². The smallest absolute Gasteiger partial charge is 0.237 e. The predicted molar refractivity (Wildman–Crippen MR) is 85.7 cm³/mol. The monoisotopic (exact) mass is 339 g/mol. The van der Waals surface area contributed by atoms with Crippen LogP contribution in [-0.2, 0) is 14.4 Å². The summed E-state index contributed by atoms with van der Waals surface area (Å²) >= 11 is 0. The molecule has 2 aliphatic heterocycles. The highest BCUT2D eigenvalue weighted by Gasteiger charge is 2.58. The molecule has 0 aromatic rings. The van der Waals surface area contributed by atoms with Gasteiger partial charge in [-0.2, -0.15) is 0 Å². The molecule has 4 rings (SSSR count). The van der Waals surface area contributed by atoms with E-state index in [1.165, 1.54) is 4.90 Å². The van der Waals surface area contributed by atoms with Gasteiger partial charge >= 0.3 is 0 Å². The van der Waals surface area contributed by atoms with Crippen LogP contribution >= 0.6 is 12.4 Å². The summed E-state index contributed by atoms with van der Waals surface area (Å²) in [6.45, 7) is 1.51. The van der Waals surface area contributed by atoms with Gasteiger partial charge in [0.05, 0.1) is 17.9 Å². The summed E-state index contributed by atoms with van der Waals surface area (Å²) in [7, 11) is 0. The molecule has 5 atom stereocenters. The van der Waals surface area contributed by atoms with Crippen molar-refractivity contribution in [1.82, 2.24) is 15.5 Å². The fourth-order valence-electron chi connectivity index (χ4n) is 4.51. The van der Waals surface area contributed by atoms with Crippen molar-refractivity contribution in [2.45, 2.75) is 25.3 Å². The van der Waals surface area contributed by atoms with Crippen LogP contribution in [0.15, 0.2) is 12.2 Å². The summed E-state index contributed by atoms with van der Waals surface area (Å²) in [5, 5.41) is 5.97. The highest BCUT2D eigenvalue weighted by Crippen LogP contribution is 2.52. The number of nitrogens with zero attached hydrogens (tertiary/aromatic N) is 1. The largest absolute Gasteiger partial charge is 0.353 e. The summed E-state index contributed by atoms with van der Waals surface area (Å²) in [4.78, 5) is 38.2. The van der Waals surface area contributed by atoms with Gasteiger partial charge in [-0.1, -0.05) is 12.2 Å². The van der Waals surface area contributed by atoms with Gasteiger partial charge in [0.15, 0.2) is 0 Å². The number of carbonyl (C=O) groups is 3. The van der Waals surface area contributed by atoms with Crippen LogP contribution in [0.5, 0.6) is 0 Å². The molecule has 1 saturated carbocycles. The Labute approximate surface area is 141 Å². The summed E-state index contributed by atoms with van der Waals surface area (Å²) in [6, 6.07) is -0.121. The molecular formula is C16H22ClN3O3. The first-order chi connectivity index (χ1) is 10.7. The quantitative estimate of drug-likeness (QED) is 0.562. The lowest BCUT2D eigenvalue weighted by Crippen LogP contribution is -2.44. The molecule has 2 N–H and O–H groups in total. The molecule has 7 heteroatoms. The SMILES string of the molecule is Cl.O=C(NCCN1C(=O)C2C3C=CC(C3)C2C1=O)C1CCCN1. The molecule has 0 aromatic heterocycles. The molecule has 0 spiro atoms. The van der Waals surface area contributed by atoms with Gasteiger partial charge in [0.25, 0.3) is 0 Å². The van der Waals surface area contributed by atoms with E-state index in [0.29, 0.717) is 13.1 Å². The van der Waals surface area contributed by atoms with Gasteiger partial charge < -0.3 is 10.6 Å². The molecular weight excluding hydrogens is 318 g/mol. The maximum Gasteiger partial charge on any atom is 0.237 e. The van der Waals surface area contributed by atoms with E-state index in [4.69, 9.17) is 0 Å². The molecule has 3 amide bonds. The van der Waals surface area contributed by atoms with Gasteiger partial charge in [0.1, 0.15) is 0 Å². The Balaban J connectivity index is 0.00000156. The van der Waals surface area contributed by atoms with E-state index >= 15 is 0 Å². The number of rotatable bonds is 4. The van der Waals surface area contributed by atoms with Crippen LogP contribution in [-0.4, -0.2) is 48.3 Å². The van der Waals surface area contributed by atoms with Crippen LogP contribution in [0.4, 0.5) is 0 Å². The molecule has 4 aliphatic rings. The fraction of sp³-hybridized carbons (Fsp3) is 0.688. The van der Waals surface area contributed by atoms with Crippen molar-refractivity contribution in [2.24, 2.45) is 23.7 Å². The zero-order chi connectivity index (χ0) is 15.3. The molecule has 2 heterocycles. The van der Waals surface area contributed by atoms with E-state index in [1.807, 2.05) is 0 Å². The molecule has 126 valence electrons. The first kappa shape index (κ1) is 16.5. The number of carbonyl (C=O) groups excluding carboxylic acids is 3. The molecule has 2 saturated heterocycles. The van der Waals surface area contributed by atoms with Gasteiger partial charge in [-0.3, -0.25) is 19.3 Å². The van der Waals surface area contributed by atoms with Crippen LogP contribution in [0, 0.1) is 23.7 Å². The minimum Gasteiger partial charge on any atom is -0.353 e. The maximum atomic E-state index is 12.5. The van der Waals surface area contributed by atoms with Crippen molar-refractivity contribution in [1.29, 1.82) is 0 Å². The van der Waals surface area contributed by atoms with Crippen molar-refractivity contribution >= 4 is 30.1 Å². The Morgan fingerprint density at radius 2 is 1.87 bits per heavy atom. The highest BCUT2D eigenvalue weighted by molar-refractivity contribution is 6.06. The summed E-state index contributed by atoms with van der Waals surface area (Å²) in [6.07, 6.45) is 7.00. The van der Waals surface area contributed by atoms with Gasteiger partial charge in [-0.05, 0) is 37.6 Å². The van der Waals surface area contributed by atoms with Gasteiger partial charge in [-0.25, -0.2) is 0 Å². The Morgan fingerprint density at radius 1 is 1.22 bits per heavy atom. The number of hydrogen-bond donors (Lipinski definition) is 2. The average Bonchev–Trinajstić information content (AvgIpc) is 3.27. The molecule has 5 unspecified atom stereocenters. The number of imide groups is 1. The standard InChI is InChI=1S/C16H21N3O3.ClH/c20-14(11-2-1-5-17-11)18-6-7-19-15(21)12-9-3-4-10(8-9)13(12)16(19)22;/h3-4,9-13,17H,1-2,5-8H2,(H,18,20);1H. The average molecular weight is 340 g/mol. The topological polar surface area (TPSA) is 78.5 Å². The lowest BCUT2D eigenvalue weighted by molar-refractivity contribution is -0.141. The molecule has 23 heavy (non-hydrogen) atoms. The highest BCUT2D eigenvalue weighted by atomic mass is 35.5. The van der Waals surface area contributed by atoms with Crippen molar-refractivity contribution in [3.05, 3.63) is 12.2 Å². The second-order valence-corrected chi connectivity index (χ2v) is 6.77. The second-order valence-electron chi connectivity index (χ2n) is 6.77. The van der Waals surface area contributed by atoms with Crippen LogP contribution in [0.25, 0.3) is 0 Å². The van der Waals surface area contributed by atoms with E-state index in [0.717, 1.165) is 25.8 Å². The third kappa shape index (κ3) is 2.58. The molecule has 2 aliphatic carbocycles. The number of nitrogens with one attached hydrogen (secondary N) is 2. The van der Waals surface area contributed by atoms with Crippen molar-refractivity contribution < 1.29 is 14.4 Å². The van der Waals surface area contributed by atoms with Gasteiger partial charge in [0, 0.05) is 13.1 Å². The zero-order valence-electron chi connectivity index (χ0n) is 12.9. The normalized spacial score (nSPS) is 37.2. The number of likely N-dealkylation sites (tertiary alicyclic amines) is 1. The van der Waals surface area contributed by atoms with E-state index in [2.05, 4.69) is 22.8 Å². The van der Waals surface area contributed by atoms with Crippen LogP contribution in [0.3, 0.4) is 0 Å². The maximum absolute atomic E-state index is 12.5. The summed E-state index contributed by atoms with van der Waals surface area (Å²) < 4.78 is 0. The van der Waals surface area contributed by atoms with Gasteiger partial charge in [-0.15, -0.1) is 12.4 Å². The molecule has 3 fully saturated rings. The number of hydrogen-bond acceptors (Lipinski definition) is 4. The lowest BCUT2D eigenvalue weighted by Gasteiger charge is -2.18. The second kappa shape index (κ2) is 6.24. The minimum atomic E-state index is -0.144. The Kier molecular flexibility index (Phi) is 4.47. The van der Waals surface area contributed by atoms with Crippen LogP contribution in [0.1, 0.15) is 19.3 Å². The first-order valence-electron chi connectivity index (χ1n) is 8.21. The number of allylic oxidation sites excluding steroid dienone is 2. The Morgan fingerprint density at radius 3 is 2.43 bits per heavy atom. The van der Waals surface area contributed by atoms with Crippen molar-refractivity contribution in [3.8, 4) is 0 Å². The number of fused-ring (bicyclic) bond motifs is 5. The molecule has 0 radical (unpaired) electrons. The molecule has 2 bridgehead atoms. The van der Waals surface area contributed by atoms with E-state index < -0.39 is 0 Å². The minimum absolute atomic E-state index is 0. The van der Waals surface area contributed by atoms with Crippen molar-refractivity contribution in [3.63, 3.8) is 0 Å². The molecule has 6 nitrogen and oxygen atoms in total. The number of amides is 3. The molecule has 0 aromatic carbocycles. The fourth-order valence-corrected chi connectivity index (χ4v) is 4.51. The Bertz CT molecular complexity index is 529. The summed E-state index contributed by atoms with van der Waals surface area (Å²) in [5.74, 6) is 0.0885. The third-order valence-electron chi connectivity index (χ3n) is 5.57. The van der Waals surface area contributed by atoms with E-state index in [9.17, 15) is 14.4 Å². The van der Waals surface area contributed by atoms with Crippen molar-refractivity contribution in [2.75, 3.05) is 19.6 Å². The van der Waals surface area contributed by atoms with Crippen LogP contribution in [0.2, 0.25) is 0 Å². The lowest BCUT2D eigenvalue weighted by atomic mass is 9.85. The zero-order valence-corrected chi connectivity index (χ0v) is 13.7. The predicted octanol–water partition coefficient (Wildman–Crippen LogP) is 0.0835. The van der Waals surface area contributed by atoms with Gasteiger partial charge in [0.2, 0.25) is 17.7 Å².